The van der Waals surface area contributed by atoms with E-state index < -0.39 is 0 Å². The van der Waals surface area contributed by atoms with Gasteiger partial charge in [0.2, 0.25) is 5.91 Å². The van der Waals surface area contributed by atoms with E-state index in [9.17, 15) is 4.79 Å². The number of hydrogen-bond acceptors (Lipinski definition) is 2. The third-order valence-corrected chi connectivity index (χ3v) is 3.37. The first kappa shape index (κ1) is 9.97. The standard InChI is InChI=1S/C11H20N2O/c1-7(8-2-3-8)13-11(14)6-10(12)9-4-5-9/h7-10H,2-6,12H2,1H3,(H,13,14). The number of hydrogen-bond donors (Lipinski definition) is 2. The zero-order chi connectivity index (χ0) is 10.1. The van der Waals surface area contributed by atoms with Crippen LogP contribution in [0.3, 0.4) is 0 Å². The number of rotatable bonds is 5. The van der Waals surface area contributed by atoms with Gasteiger partial charge in [0.25, 0.3) is 0 Å². The maximum atomic E-state index is 11.5. The highest BCUT2D eigenvalue weighted by Crippen LogP contribution is 2.34. The summed E-state index contributed by atoms with van der Waals surface area (Å²) in [4.78, 5) is 11.5. The van der Waals surface area contributed by atoms with Crippen LogP contribution in [0, 0.1) is 11.8 Å². The van der Waals surface area contributed by atoms with Gasteiger partial charge in [-0.25, -0.2) is 0 Å². The summed E-state index contributed by atoms with van der Waals surface area (Å²) < 4.78 is 0. The van der Waals surface area contributed by atoms with Gasteiger partial charge in [-0.2, -0.15) is 0 Å². The van der Waals surface area contributed by atoms with Crippen molar-refractivity contribution in [3.8, 4) is 0 Å². The summed E-state index contributed by atoms with van der Waals surface area (Å²) in [5.74, 6) is 1.50. The van der Waals surface area contributed by atoms with E-state index >= 15 is 0 Å². The van der Waals surface area contributed by atoms with Gasteiger partial charge >= 0.3 is 0 Å². The number of nitrogens with one attached hydrogen (secondary N) is 1. The Bertz CT molecular complexity index is 199. The third kappa shape index (κ3) is 2.71. The molecule has 0 radical (unpaired) electrons. The van der Waals surface area contributed by atoms with Crippen LogP contribution in [0.2, 0.25) is 0 Å². The van der Waals surface area contributed by atoms with Crippen LogP contribution in [-0.4, -0.2) is 18.0 Å². The van der Waals surface area contributed by atoms with Crippen molar-refractivity contribution in [1.29, 1.82) is 0 Å². The van der Waals surface area contributed by atoms with Gasteiger partial charge in [0.1, 0.15) is 0 Å². The van der Waals surface area contributed by atoms with Gasteiger partial charge in [0.05, 0.1) is 0 Å². The van der Waals surface area contributed by atoms with Gasteiger partial charge in [0, 0.05) is 18.5 Å². The average Bonchev–Trinajstić information content (AvgIpc) is 2.98. The predicted molar refractivity (Wildman–Crippen MR) is 55.6 cm³/mol. The molecule has 1 amide bonds. The average molecular weight is 196 g/mol. The van der Waals surface area contributed by atoms with Crippen molar-refractivity contribution in [1.82, 2.24) is 5.32 Å². The second kappa shape index (κ2) is 3.89. The van der Waals surface area contributed by atoms with Crippen molar-refractivity contribution in [3.63, 3.8) is 0 Å². The molecule has 2 unspecified atom stereocenters. The summed E-state index contributed by atoms with van der Waals surface area (Å²) >= 11 is 0. The van der Waals surface area contributed by atoms with E-state index in [4.69, 9.17) is 5.73 Å². The minimum atomic E-state index is 0.0985. The van der Waals surface area contributed by atoms with E-state index in [0.717, 1.165) is 5.92 Å². The Hall–Kier alpha value is -0.570. The zero-order valence-electron chi connectivity index (χ0n) is 8.83. The lowest BCUT2D eigenvalue weighted by molar-refractivity contribution is -0.122. The molecule has 80 valence electrons. The van der Waals surface area contributed by atoms with Gasteiger partial charge < -0.3 is 11.1 Å². The van der Waals surface area contributed by atoms with Crippen LogP contribution in [0.4, 0.5) is 0 Å². The Labute approximate surface area is 85.4 Å². The molecule has 0 aromatic rings. The minimum Gasteiger partial charge on any atom is -0.353 e. The molecule has 2 aliphatic rings. The molecule has 2 rings (SSSR count). The van der Waals surface area contributed by atoms with Crippen molar-refractivity contribution in [2.75, 3.05) is 0 Å². The van der Waals surface area contributed by atoms with Crippen molar-refractivity contribution >= 4 is 5.91 Å². The van der Waals surface area contributed by atoms with E-state index in [-0.39, 0.29) is 11.9 Å². The quantitative estimate of drug-likeness (QED) is 0.690. The van der Waals surface area contributed by atoms with Crippen molar-refractivity contribution in [3.05, 3.63) is 0 Å². The SMILES string of the molecule is CC(NC(=O)CC(N)C1CC1)C1CC1. The summed E-state index contributed by atoms with van der Waals surface area (Å²) in [6.07, 6.45) is 5.49. The van der Waals surface area contributed by atoms with Crippen molar-refractivity contribution in [2.24, 2.45) is 17.6 Å². The maximum Gasteiger partial charge on any atom is 0.221 e. The number of nitrogens with two attached hydrogens (primary N) is 1. The molecule has 0 saturated heterocycles. The first-order valence-electron chi connectivity index (χ1n) is 5.71. The van der Waals surface area contributed by atoms with E-state index in [1.165, 1.54) is 25.7 Å². The smallest absolute Gasteiger partial charge is 0.221 e. The maximum absolute atomic E-state index is 11.5. The van der Waals surface area contributed by atoms with Gasteiger partial charge in [-0.3, -0.25) is 4.79 Å². The molecule has 0 aromatic heterocycles. The second-order valence-electron chi connectivity index (χ2n) is 4.90. The zero-order valence-corrected chi connectivity index (χ0v) is 8.83. The lowest BCUT2D eigenvalue weighted by Crippen LogP contribution is -2.38. The molecule has 2 fully saturated rings. The Kier molecular flexibility index (Phi) is 2.77. The van der Waals surface area contributed by atoms with Crippen molar-refractivity contribution in [2.45, 2.75) is 51.1 Å². The molecular weight excluding hydrogens is 176 g/mol. The molecule has 2 atom stereocenters. The van der Waals surface area contributed by atoms with Gasteiger partial charge in [0.15, 0.2) is 0 Å². The lowest BCUT2D eigenvalue weighted by atomic mass is 10.1. The molecule has 0 aliphatic heterocycles. The fraction of sp³-hybridized carbons (Fsp3) is 0.909. The lowest BCUT2D eigenvalue weighted by Gasteiger charge is -2.15. The summed E-state index contributed by atoms with van der Waals surface area (Å²) in [6, 6.07) is 0.454. The van der Waals surface area contributed by atoms with Gasteiger partial charge in [-0.15, -0.1) is 0 Å². The van der Waals surface area contributed by atoms with Crippen LogP contribution in [-0.2, 0) is 4.79 Å². The number of carbonyl (C=O) groups is 1. The molecule has 3 heteroatoms. The van der Waals surface area contributed by atoms with Crippen LogP contribution in [0.25, 0.3) is 0 Å². The molecule has 2 aliphatic carbocycles. The van der Waals surface area contributed by atoms with Crippen LogP contribution in [0.5, 0.6) is 0 Å². The molecule has 3 nitrogen and oxygen atoms in total. The van der Waals surface area contributed by atoms with Crippen LogP contribution < -0.4 is 11.1 Å². The Morgan fingerprint density at radius 2 is 1.93 bits per heavy atom. The Morgan fingerprint density at radius 3 is 2.43 bits per heavy atom. The molecule has 2 saturated carbocycles. The van der Waals surface area contributed by atoms with E-state index in [2.05, 4.69) is 12.2 Å². The molecular formula is C11H20N2O. The molecule has 0 bridgehead atoms. The molecule has 0 aromatic carbocycles. The topological polar surface area (TPSA) is 55.1 Å². The summed E-state index contributed by atoms with van der Waals surface area (Å²) in [5, 5.41) is 3.04. The monoisotopic (exact) mass is 196 g/mol. The fourth-order valence-electron chi connectivity index (χ4n) is 1.93. The normalized spacial score (nSPS) is 25.6. The molecule has 3 N–H and O–H groups in total. The van der Waals surface area contributed by atoms with Gasteiger partial charge in [-0.1, -0.05) is 0 Å². The summed E-state index contributed by atoms with van der Waals surface area (Å²) in [6.45, 7) is 2.10. The van der Waals surface area contributed by atoms with E-state index in [1.54, 1.807) is 0 Å². The molecule has 14 heavy (non-hydrogen) atoms. The largest absolute Gasteiger partial charge is 0.353 e. The summed E-state index contributed by atoms with van der Waals surface area (Å²) in [5.41, 5.74) is 5.89. The van der Waals surface area contributed by atoms with E-state index in [1.807, 2.05) is 0 Å². The highest BCUT2D eigenvalue weighted by molar-refractivity contribution is 5.77. The highest BCUT2D eigenvalue weighted by Gasteiger charge is 2.32. The highest BCUT2D eigenvalue weighted by atomic mass is 16.1. The van der Waals surface area contributed by atoms with Crippen molar-refractivity contribution < 1.29 is 4.79 Å². The second-order valence-corrected chi connectivity index (χ2v) is 4.90. The fourth-order valence-corrected chi connectivity index (χ4v) is 1.93. The van der Waals surface area contributed by atoms with Crippen LogP contribution >= 0.6 is 0 Å². The molecule has 0 spiro atoms. The predicted octanol–water partition coefficient (Wildman–Crippen LogP) is 1.03. The number of carbonyl (C=O) groups excluding carboxylic acids is 1. The first-order chi connectivity index (χ1) is 6.66. The third-order valence-electron chi connectivity index (χ3n) is 3.37. The van der Waals surface area contributed by atoms with Crippen LogP contribution in [0.1, 0.15) is 39.0 Å². The minimum absolute atomic E-state index is 0.0985. The van der Waals surface area contributed by atoms with E-state index in [0.29, 0.717) is 18.4 Å². The van der Waals surface area contributed by atoms with Gasteiger partial charge in [-0.05, 0) is 44.4 Å². The van der Waals surface area contributed by atoms with Crippen LogP contribution in [0.15, 0.2) is 0 Å². The number of amides is 1. The Balaban J connectivity index is 1.66. The first-order valence-corrected chi connectivity index (χ1v) is 5.71. The summed E-state index contributed by atoms with van der Waals surface area (Å²) in [7, 11) is 0. The molecule has 0 heterocycles. The Morgan fingerprint density at radius 1 is 1.36 bits per heavy atom.